The number of ether oxygens (including phenoxy) is 1. The number of rotatable bonds is 4. The van der Waals surface area contributed by atoms with E-state index in [1.165, 1.54) is 11.6 Å². The lowest BCUT2D eigenvalue weighted by Gasteiger charge is -2.13. The van der Waals surface area contributed by atoms with E-state index in [9.17, 15) is 4.39 Å². The Morgan fingerprint density at radius 1 is 1.16 bits per heavy atom. The Kier molecular flexibility index (Phi) is 4.05. The van der Waals surface area contributed by atoms with Crippen molar-refractivity contribution in [1.29, 1.82) is 0 Å². The molecule has 0 radical (unpaired) electrons. The topological polar surface area (TPSA) is 21.3 Å². The molecule has 0 saturated heterocycles. The highest BCUT2D eigenvalue weighted by Gasteiger charge is 2.06. The molecule has 2 aromatic rings. The number of methoxy groups -OCH3 is 1. The minimum Gasteiger partial charge on any atom is -0.496 e. The molecule has 0 unspecified atom stereocenters. The van der Waals surface area contributed by atoms with Crippen molar-refractivity contribution in [3.8, 4) is 5.75 Å². The van der Waals surface area contributed by atoms with Gasteiger partial charge in [0.25, 0.3) is 0 Å². The monoisotopic (exact) mass is 259 g/mol. The van der Waals surface area contributed by atoms with Gasteiger partial charge in [-0.1, -0.05) is 23.8 Å². The Hall–Kier alpha value is -2.03. The third kappa shape index (κ3) is 3.05. The predicted octanol–water partition coefficient (Wildman–Crippen LogP) is 4.06. The summed E-state index contributed by atoms with van der Waals surface area (Å²) in [5, 5.41) is 3.25. The maximum Gasteiger partial charge on any atom is 0.128 e. The van der Waals surface area contributed by atoms with Crippen LogP contribution in [0.25, 0.3) is 0 Å². The van der Waals surface area contributed by atoms with Crippen molar-refractivity contribution in [2.45, 2.75) is 20.4 Å². The van der Waals surface area contributed by atoms with Crippen LogP contribution in [0.5, 0.6) is 5.75 Å². The van der Waals surface area contributed by atoms with E-state index < -0.39 is 0 Å². The summed E-state index contributed by atoms with van der Waals surface area (Å²) in [6, 6.07) is 11.1. The van der Waals surface area contributed by atoms with Crippen LogP contribution in [0.3, 0.4) is 0 Å². The first-order valence-electron chi connectivity index (χ1n) is 6.24. The SMILES string of the molecule is COc1ccc(C)cc1CNc1cccc(F)c1C. The minimum absolute atomic E-state index is 0.193. The molecular formula is C16H18FNO. The van der Waals surface area contributed by atoms with Crippen LogP contribution >= 0.6 is 0 Å². The van der Waals surface area contributed by atoms with Crippen molar-refractivity contribution in [3.05, 3.63) is 58.9 Å². The lowest BCUT2D eigenvalue weighted by Crippen LogP contribution is -2.04. The van der Waals surface area contributed by atoms with Gasteiger partial charge in [-0.3, -0.25) is 0 Å². The number of aryl methyl sites for hydroxylation is 1. The first-order chi connectivity index (χ1) is 9.11. The summed E-state index contributed by atoms with van der Waals surface area (Å²) in [5.74, 6) is 0.647. The van der Waals surface area contributed by atoms with E-state index in [2.05, 4.69) is 11.4 Å². The Labute approximate surface area is 113 Å². The van der Waals surface area contributed by atoms with Crippen molar-refractivity contribution in [1.82, 2.24) is 0 Å². The Morgan fingerprint density at radius 2 is 1.95 bits per heavy atom. The third-order valence-electron chi connectivity index (χ3n) is 3.17. The lowest BCUT2D eigenvalue weighted by molar-refractivity contribution is 0.410. The number of halogens is 1. The number of benzene rings is 2. The normalized spacial score (nSPS) is 10.3. The summed E-state index contributed by atoms with van der Waals surface area (Å²) in [6.07, 6.45) is 0. The summed E-state index contributed by atoms with van der Waals surface area (Å²) in [5.41, 5.74) is 3.68. The summed E-state index contributed by atoms with van der Waals surface area (Å²) < 4.78 is 18.8. The third-order valence-corrected chi connectivity index (χ3v) is 3.17. The van der Waals surface area contributed by atoms with E-state index in [-0.39, 0.29) is 5.82 Å². The smallest absolute Gasteiger partial charge is 0.128 e. The van der Waals surface area contributed by atoms with Crippen molar-refractivity contribution in [2.24, 2.45) is 0 Å². The highest BCUT2D eigenvalue weighted by molar-refractivity contribution is 5.52. The molecule has 0 bridgehead atoms. The second kappa shape index (κ2) is 5.74. The fraction of sp³-hybridized carbons (Fsp3) is 0.250. The van der Waals surface area contributed by atoms with Gasteiger partial charge < -0.3 is 10.1 Å². The maximum atomic E-state index is 13.4. The van der Waals surface area contributed by atoms with E-state index in [4.69, 9.17) is 4.74 Å². The zero-order chi connectivity index (χ0) is 13.8. The highest BCUT2D eigenvalue weighted by Crippen LogP contribution is 2.23. The highest BCUT2D eigenvalue weighted by atomic mass is 19.1. The van der Waals surface area contributed by atoms with Crippen molar-refractivity contribution in [2.75, 3.05) is 12.4 Å². The fourth-order valence-electron chi connectivity index (χ4n) is 2.03. The van der Waals surface area contributed by atoms with Crippen LogP contribution in [-0.4, -0.2) is 7.11 Å². The number of hydrogen-bond donors (Lipinski definition) is 1. The fourth-order valence-corrected chi connectivity index (χ4v) is 2.03. The van der Waals surface area contributed by atoms with Crippen LogP contribution < -0.4 is 10.1 Å². The maximum absolute atomic E-state index is 13.4. The largest absolute Gasteiger partial charge is 0.496 e. The van der Waals surface area contributed by atoms with Gasteiger partial charge in [0.05, 0.1) is 7.11 Å². The average molecular weight is 259 g/mol. The summed E-state index contributed by atoms with van der Waals surface area (Å²) in [7, 11) is 1.65. The van der Waals surface area contributed by atoms with Crippen molar-refractivity contribution >= 4 is 5.69 Å². The molecule has 0 atom stereocenters. The van der Waals surface area contributed by atoms with Crippen LogP contribution in [0.2, 0.25) is 0 Å². The Bertz CT molecular complexity index is 581. The molecule has 2 rings (SSSR count). The number of hydrogen-bond acceptors (Lipinski definition) is 2. The zero-order valence-electron chi connectivity index (χ0n) is 11.5. The minimum atomic E-state index is -0.193. The van der Waals surface area contributed by atoms with Gasteiger partial charge in [-0.15, -0.1) is 0 Å². The van der Waals surface area contributed by atoms with Crippen LogP contribution in [0, 0.1) is 19.7 Å². The van der Waals surface area contributed by atoms with Gasteiger partial charge in [-0.25, -0.2) is 4.39 Å². The van der Waals surface area contributed by atoms with E-state index >= 15 is 0 Å². The molecule has 0 spiro atoms. The van der Waals surface area contributed by atoms with Crippen molar-refractivity contribution < 1.29 is 9.13 Å². The van der Waals surface area contributed by atoms with Gasteiger partial charge in [0.1, 0.15) is 11.6 Å². The van der Waals surface area contributed by atoms with Gasteiger partial charge in [0.2, 0.25) is 0 Å². The predicted molar refractivity (Wildman–Crippen MR) is 76.2 cm³/mol. The van der Waals surface area contributed by atoms with Gasteiger partial charge in [-0.2, -0.15) is 0 Å². The molecule has 0 aliphatic rings. The lowest BCUT2D eigenvalue weighted by atomic mass is 10.1. The van der Waals surface area contributed by atoms with Crippen LogP contribution in [0.15, 0.2) is 36.4 Å². The molecule has 2 nitrogen and oxygen atoms in total. The molecule has 100 valence electrons. The van der Waals surface area contributed by atoms with E-state index in [1.54, 1.807) is 20.1 Å². The van der Waals surface area contributed by atoms with E-state index in [0.29, 0.717) is 12.1 Å². The summed E-state index contributed by atoms with van der Waals surface area (Å²) >= 11 is 0. The number of anilines is 1. The molecule has 0 aliphatic carbocycles. The molecule has 19 heavy (non-hydrogen) atoms. The molecule has 2 aromatic carbocycles. The van der Waals surface area contributed by atoms with Gasteiger partial charge >= 0.3 is 0 Å². The Balaban J connectivity index is 2.18. The standard InChI is InChI=1S/C16H18FNO/c1-11-7-8-16(19-3)13(9-11)10-18-15-6-4-5-14(17)12(15)2/h4-9,18H,10H2,1-3H3. The molecule has 0 aliphatic heterocycles. The molecule has 1 N–H and O–H groups in total. The zero-order valence-corrected chi connectivity index (χ0v) is 11.5. The first-order valence-corrected chi connectivity index (χ1v) is 6.24. The Morgan fingerprint density at radius 3 is 2.68 bits per heavy atom. The van der Waals surface area contributed by atoms with Gasteiger partial charge in [0.15, 0.2) is 0 Å². The molecule has 3 heteroatoms. The molecule has 0 fully saturated rings. The average Bonchev–Trinajstić information content (AvgIpc) is 2.40. The second-order valence-electron chi connectivity index (χ2n) is 4.58. The van der Waals surface area contributed by atoms with E-state index in [0.717, 1.165) is 17.0 Å². The molecule has 0 heterocycles. The molecule has 0 amide bonds. The second-order valence-corrected chi connectivity index (χ2v) is 4.58. The molecule has 0 aromatic heterocycles. The quantitative estimate of drug-likeness (QED) is 0.894. The van der Waals surface area contributed by atoms with Gasteiger partial charge in [-0.05, 0) is 32.0 Å². The summed E-state index contributed by atoms with van der Waals surface area (Å²) in [4.78, 5) is 0. The number of nitrogens with one attached hydrogen (secondary N) is 1. The van der Waals surface area contributed by atoms with Crippen LogP contribution in [0.1, 0.15) is 16.7 Å². The van der Waals surface area contributed by atoms with E-state index in [1.807, 2.05) is 25.1 Å². The summed E-state index contributed by atoms with van der Waals surface area (Å²) in [6.45, 7) is 4.41. The van der Waals surface area contributed by atoms with Crippen molar-refractivity contribution in [3.63, 3.8) is 0 Å². The molecular weight excluding hydrogens is 241 g/mol. The van der Waals surface area contributed by atoms with Crippen LogP contribution in [0.4, 0.5) is 10.1 Å². The van der Waals surface area contributed by atoms with Gasteiger partial charge in [0, 0.05) is 23.4 Å². The first kappa shape index (κ1) is 13.4. The molecule has 0 saturated carbocycles. The van der Waals surface area contributed by atoms with Crippen LogP contribution in [-0.2, 0) is 6.54 Å².